The highest BCUT2D eigenvalue weighted by Crippen LogP contribution is 2.23. The van der Waals surface area contributed by atoms with Crippen molar-refractivity contribution in [1.82, 2.24) is 0 Å². The highest BCUT2D eigenvalue weighted by Gasteiger charge is 2.34. The van der Waals surface area contributed by atoms with Gasteiger partial charge in [-0.05, 0) is 32.0 Å². The van der Waals surface area contributed by atoms with Gasteiger partial charge in [-0.25, -0.2) is 8.78 Å². The monoisotopic (exact) mass is 272 g/mol. The van der Waals surface area contributed by atoms with E-state index in [1.54, 1.807) is 13.8 Å². The predicted octanol–water partition coefficient (Wildman–Crippen LogP) is 2.17. The number of benzene rings is 1. The molecule has 0 unspecified atom stereocenters. The number of hydrogen-bond donors (Lipinski definition) is 0. The smallest absolute Gasteiger partial charge is 0.325 e. The SMILES string of the molecule is CCOC(=O)C(C(=O)OCC)c1cc(F)ccc1F. The van der Waals surface area contributed by atoms with Crippen molar-refractivity contribution in [3.05, 3.63) is 35.4 Å². The lowest BCUT2D eigenvalue weighted by molar-refractivity contribution is -0.157. The molecular formula is C13H14F2O4. The summed E-state index contributed by atoms with van der Waals surface area (Å²) in [5, 5.41) is 0. The van der Waals surface area contributed by atoms with Crippen LogP contribution in [0, 0.1) is 11.6 Å². The largest absolute Gasteiger partial charge is 0.465 e. The van der Waals surface area contributed by atoms with E-state index in [4.69, 9.17) is 9.47 Å². The van der Waals surface area contributed by atoms with Crippen molar-refractivity contribution in [1.29, 1.82) is 0 Å². The molecule has 6 heteroatoms. The van der Waals surface area contributed by atoms with Crippen molar-refractivity contribution in [3.8, 4) is 0 Å². The third-order valence-corrected chi connectivity index (χ3v) is 2.31. The summed E-state index contributed by atoms with van der Waals surface area (Å²) < 4.78 is 36.2. The van der Waals surface area contributed by atoms with Gasteiger partial charge in [0.05, 0.1) is 13.2 Å². The second-order valence-corrected chi connectivity index (χ2v) is 3.60. The molecule has 1 aromatic rings. The Balaban J connectivity index is 3.18. The molecule has 0 saturated heterocycles. The Kier molecular flexibility index (Phi) is 5.41. The number of hydrogen-bond acceptors (Lipinski definition) is 4. The average Bonchev–Trinajstić information content (AvgIpc) is 2.34. The minimum absolute atomic E-state index is 0.0195. The van der Waals surface area contributed by atoms with Gasteiger partial charge < -0.3 is 9.47 Å². The van der Waals surface area contributed by atoms with Crippen LogP contribution >= 0.6 is 0 Å². The maximum atomic E-state index is 13.6. The number of carbonyl (C=O) groups excluding carboxylic acids is 2. The van der Waals surface area contributed by atoms with Crippen molar-refractivity contribution in [2.45, 2.75) is 19.8 Å². The quantitative estimate of drug-likeness (QED) is 0.609. The van der Waals surface area contributed by atoms with Crippen LogP contribution < -0.4 is 0 Å². The van der Waals surface area contributed by atoms with E-state index in [0.29, 0.717) is 0 Å². The summed E-state index contributed by atoms with van der Waals surface area (Å²) in [6.07, 6.45) is 0. The fourth-order valence-electron chi connectivity index (χ4n) is 1.54. The molecule has 0 amide bonds. The van der Waals surface area contributed by atoms with Crippen LogP contribution in [0.2, 0.25) is 0 Å². The van der Waals surface area contributed by atoms with E-state index in [-0.39, 0.29) is 13.2 Å². The van der Waals surface area contributed by atoms with E-state index < -0.39 is 35.1 Å². The van der Waals surface area contributed by atoms with Crippen molar-refractivity contribution < 1.29 is 27.8 Å². The molecule has 4 nitrogen and oxygen atoms in total. The number of carbonyl (C=O) groups is 2. The van der Waals surface area contributed by atoms with Crippen LogP contribution in [0.1, 0.15) is 25.3 Å². The van der Waals surface area contributed by atoms with Gasteiger partial charge in [0, 0.05) is 5.56 Å². The lowest BCUT2D eigenvalue weighted by Crippen LogP contribution is -2.27. The Bertz CT molecular complexity index is 456. The van der Waals surface area contributed by atoms with E-state index in [1.165, 1.54) is 0 Å². The van der Waals surface area contributed by atoms with Gasteiger partial charge in [0.15, 0.2) is 5.92 Å². The standard InChI is InChI=1S/C13H14F2O4/c1-3-18-12(16)11(13(17)19-4-2)9-7-8(14)5-6-10(9)15/h5-7,11H,3-4H2,1-2H3. The molecule has 0 saturated carbocycles. The molecule has 0 N–H and O–H groups in total. The minimum Gasteiger partial charge on any atom is -0.465 e. The summed E-state index contributed by atoms with van der Waals surface area (Å²) in [5.41, 5.74) is -0.392. The zero-order chi connectivity index (χ0) is 14.4. The zero-order valence-electron chi connectivity index (χ0n) is 10.6. The lowest BCUT2D eigenvalue weighted by Gasteiger charge is -2.15. The van der Waals surface area contributed by atoms with Gasteiger partial charge in [-0.15, -0.1) is 0 Å². The normalized spacial score (nSPS) is 10.4. The maximum Gasteiger partial charge on any atom is 0.325 e. The fraction of sp³-hybridized carbons (Fsp3) is 0.385. The molecule has 104 valence electrons. The van der Waals surface area contributed by atoms with Gasteiger partial charge in [0.1, 0.15) is 11.6 Å². The van der Waals surface area contributed by atoms with Crippen LogP contribution in [0.4, 0.5) is 8.78 Å². The minimum atomic E-state index is -1.62. The van der Waals surface area contributed by atoms with Crippen molar-refractivity contribution >= 4 is 11.9 Å². The topological polar surface area (TPSA) is 52.6 Å². The molecule has 0 atom stereocenters. The summed E-state index contributed by atoms with van der Waals surface area (Å²) >= 11 is 0. The summed E-state index contributed by atoms with van der Waals surface area (Å²) in [6, 6.07) is 2.52. The van der Waals surface area contributed by atoms with Crippen molar-refractivity contribution in [3.63, 3.8) is 0 Å². The maximum absolute atomic E-state index is 13.6. The lowest BCUT2D eigenvalue weighted by atomic mass is 9.98. The molecule has 0 aliphatic rings. The molecule has 19 heavy (non-hydrogen) atoms. The van der Waals surface area contributed by atoms with Crippen LogP contribution in [0.25, 0.3) is 0 Å². The molecule has 1 rings (SSSR count). The van der Waals surface area contributed by atoms with Crippen LogP contribution in [0.5, 0.6) is 0 Å². The first-order valence-corrected chi connectivity index (χ1v) is 5.79. The van der Waals surface area contributed by atoms with E-state index in [0.717, 1.165) is 18.2 Å². The second kappa shape index (κ2) is 6.82. The van der Waals surface area contributed by atoms with E-state index in [2.05, 4.69) is 0 Å². The Morgan fingerprint density at radius 3 is 2.11 bits per heavy atom. The van der Waals surface area contributed by atoms with Crippen LogP contribution in [-0.2, 0) is 19.1 Å². The molecule has 0 spiro atoms. The third kappa shape index (κ3) is 3.74. The zero-order valence-corrected chi connectivity index (χ0v) is 10.6. The summed E-state index contributed by atoms with van der Waals surface area (Å²) in [6.45, 7) is 3.13. The number of esters is 2. The van der Waals surface area contributed by atoms with Crippen molar-refractivity contribution in [2.75, 3.05) is 13.2 Å². The molecule has 0 radical (unpaired) electrons. The van der Waals surface area contributed by atoms with Gasteiger partial charge in [-0.2, -0.15) is 0 Å². The molecule has 1 aromatic carbocycles. The molecule has 0 aromatic heterocycles. The number of ether oxygens (including phenoxy) is 2. The van der Waals surface area contributed by atoms with Gasteiger partial charge in [-0.1, -0.05) is 0 Å². The molecule has 0 fully saturated rings. The Labute approximate surface area is 109 Å². The molecule has 0 aliphatic heterocycles. The van der Waals surface area contributed by atoms with Crippen molar-refractivity contribution in [2.24, 2.45) is 0 Å². The Hall–Kier alpha value is -1.98. The third-order valence-electron chi connectivity index (χ3n) is 2.31. The Morgan fingerprint density at radius 1 is 1.11 bits per heavy atom. The van der Waals surface area contributed by atoms with Gasteiger partial charge >= 0.3 is 11.9 Å². The second-order valence-electron chi connectivity index (χ2n) is 3.60. The number of rotatable bonds is 5. The van der Waals surface area contributed by atoms with E-state index in [9.17, 15) is 18.4 Å². The van der Waals surface area contributed by atoms with Crippen LogP contribution in [-0.4, -0.2) is 25.2 Å². The molecule has 0 heterocycles. The van der Waals surface area contributed by atoms with Gasteiger partial charge in [0.25, 0.3) is 0 Å². The highest BCUT2D eigenvalue weighted by molar-refractivity contribution is 6.00. The fourth-order valence-corrected chi connectivity index (χ4v) is 1.54. The Morgan fingerprint density at radius 2 is 1.63 bits per heavy atom. The first kappa shape index (κ1) is 15.1. The average molecular weight is 272 g/mol. The molecule has 0 aliphatic carbocycles. The van der Waals surface area contributed by atoms with Gasteiger partial charge in [-0.3, -0.25) is 9.59 Å². The first-order chi connectivity index (χ1) is 9.01. The summed E-state index contributed by atoms with van der Waals surface area (Å²) in [7, 11) is 0. The summed E-state index contributed by atoms with van der Waals surface area (Å²) in [4.78, 5) is 23.4. The highest BCUT2D eigenvalue weighted by atomic mass is 19.1. The first-order valence-electron chi connectivity index (χ1n) is 5.79. The van der Waals surface area contributed by atoms with E-state index in [1.807, 2.05) is 0 Å². The number of halogens is 2. The molecule has 0 bridgehead atoms. The van der Waals surface area contributed by atoms with Gasteiger partial charge in [0.2, 0.25) is 0 Å². The van der Waals surface area contributed by atoms with Crippen LogP contribution in [0.15, 0.2) is 18.2 Å². The van der Waals surface area contributed by atoms with Crippen LogP contribution in [0.3, 0.4) is 0 Å². The molecular weight excluding hydrogens is 258 g/mol. The predicted molar refractivity (Wildman–Crippen MR) is 62.4 cm³/mol. The summed E-state index contributed by atoms with van der Waals surface area (Å²) in [5.74, 6) is -5.17. The van der Waals surface area contributed by atoms with E-state index >= 15 is 0 Å².